The van der Waals surface area contributed by atoms with E-state index in [1.807, 2.05) is 19.1 Å². The normalized spacial score (nSPS) is 11.4. The molecular weight excluding hydrogens is 300 g/mol. The van der Waals surface area contributed by atoms with E-state index in [4.69, 9.17) is 8.85 Å². The van der Waals surface area contributed by atoms with Gasteiger partial charge in [0.1, 0.15) is 0 Å². The first-order chi connectivity index (χ1) is 11.2. The zero-order chi connectivity index (χ0) is 16.5. The largest absolute Gasteiger partial charge is 0.407 e. The summed E-state index contributed by atoms with van der Waals surface area (Å²) in [6.07, 6.45) is 1.82. The van der Waals surface area contributed by atoms with Crippen LogP contribution in [0.15, 0.2) is 72.8 Å². The molecule has 0 unspecified atom stereocenters. The number of benzene rings is 2. The highest BCUT2D eigenvalue weighted by molar-refractivity contribution is 6.92. The molecule has 0 saturated carbocycles. The average Bonchev–Trinajstić information content (AvgIpc) is 2.59. The van der Waals surface area contributed by atoms with Crippen molar-refractivity contribution in [1.29, 1.82) is 0 Å². The van der Waals surface area contributed by atoms with Gasteiger partial charge in [-0.3, -0.25) is 0 Å². The first-order valence-electron chi connectivity index (χ1n) is 8.22. The molecule has 2 nitrogen and oxygen atoms in total. The molecule has 0 spiro atoms. The summed E-state index contributed by atoms with van der Waals surface area (Å²) in [5.74, 6) is 0. The molecule has 0 aliphatic rings. The van der Waals surface area contributed by atoms with Crippen molar-refractivity contribution >= 4 is 18.9 Å². The van der Waals surface area contributed by atoms with Gasteiger partial charge in [0, 0.05) is 13.2 Å². The quantitative estimate of drug-likeness (QED) is 0.517. The lowest BCUT2D eigenvalue weighted by Crippen LogP contribution is -2.63. The van der Waals surface area contributed by atoms with Gasteiger partial charge in [-0.2, -0.15) is 0 Å². The Balaban J connectivity index is 2.42. The van der Waals surface area contributed by atoms with E-state index < -0.39 is 8.56 Å². The van der Waals surface area contributed by atoms with Crippen LogP contribution in [0, 0.1) is 0 Å². The molecule has 0 amide bonds. The van der Waals surface area contributed by atoms with E-state index in [0.717, 1.165) is 28.8 Å². The summed E-state index contributed by atoms with van der Waals surface area (Å²) in [5.41, 5.74) is 1.13. The molecule has 0 heterocycles. The lowest BCUT2D eigenvalue weighted by molar-refractivity contribution is 0.193. The van der Waals surface area contributed by atoms with Gasteiger partial charge in [-0.1, -0.05) is 73.2 Å². The van der Waals surface area contributed by atoms with Crippen LogP contribution in [0.2, 0.25) is 0 Å². The smallest absolute Gasteiger partial charge is 0.388 e. The standard InChI is InChI=1S/C20H26O2Si/c1-4-16-21-23(22-17-15-18(2)3,19-11-7-5-8-12-19)20-13-9-6-10-14-20/h5-14H,2,4,15-17H2,1,3H3. The molecule has 23 heavy (non-hydrogen) atoms. The van der Waals surface area contributed by atoms with Crippen molar-refractivity contribution in [2.45, 2.75) is 26.7 Å². The molecule has 0 atom stereocenters. The monoisotopic (exact) mass is 326 g/mol. The number of hydrogen-bond acceptors (Lipinski definition) is 2. The van der Waals surface area contributed by atoms with Gasteiger partial charge in [0.05, 0.1) is 0 Å². The molecule has 0 aliphatic carbocycles. The Labute approximate surface area is 141 Å². The minimum Gasteiger partial charge on any atom is -0.388 e. The van der Waals surface area contributed by atoms with Gasteiger partial charge >= 0.3 is 8.56 Å². The zero-order valence-electron chi connectivity index (χ0n) is 14.1. The highest BCUT2D eigenvalue weighted by atomic mass is 28.4. The van der Waals surface area contributed by atoms with Gasteiger partial charge in [-0.05, 0) is 30.1 Å². The Kier molecular flexibility index (Phi) is 6.78. The van der Waals surface area contributed by atoms with Crippen LogP contribution in [0.5, 0.6) is 0 Å². The van der Waals surface area contributed by atoms with Crippen LogP contribution in [0.25, 0.3) is 0 Å². The lowest BCUT2D eigenvalue weighted by atomic mass is 10.3. The molecule has 2 aromatic carbocycles. The van der Waals surface area contributed by atoms with Gasteiger partial charge in [0.15, 0.2) is 0 Å². The first kappa shape index (κ1) is 17.7. The highest BCUT2D eigenvalue weighted by Crippen LogP contribution is 2.12. The van der Waals surface area contributed by atoms with Crippen LogP contribution in [0.4, 0.5) is 0 Å². The Morgan fingerprint density at radius 1 is 0.870 bits per heavy atom. The maximum Gasteiger partial charge on any atom is 0.407 e. The van der Waals surface area contributed by atoms with E-state index in [2.05, 4.69) is 62.0 Å². The summed E-state index contributed by atoms with van der Waals surface area (Å²) in [5, 5.41) is 2.31. The summed E-state index contributed by atoms with van der Waals surface area (Å²) in [7, 11) is -2.68. The Morgan fingerprint density at radius 2 is 1.35 bits per heavy atom. The van der Waals surface area contributed by atoms with E-state index in [1.54, 1.807) is 0 Å². The van der Waals surface area contributed by atoms with Crippen molar-refractivity contribution in [3.05, 3.63) is 72.8 Å². The lowest BCUT2D eigenvalue weighted by Gasteiger charge is -2.31. The molecule has 0 N–H and O–H groups in total. The second kappa shape index (κ2) is 8.82. The molecule has 0 aliphatic heterocycles. The molecule has 0 saturated heterocycles. The molecular formula is C20H26O2Si. The van der Waals surface area contributed by atoms with Gasteiger partial charge in [0.25, 0.3) is 0 Å². The van der Waals surface area contributed by atoms with Crippen LogP contribution in [0.1, 0.15) is 26.7 Å². The number of hydrogen-bond donors (Lipinski definition) is 0. The van der Waals surface area contributed by atoms with Crippen molar-refractivity contribution < 1.29 is 8.85 Å². The molecule has 2 rings (SSSR count). The third-order valence-corrected chi connectivity index (χ3v) is 7.06. The summed E-state index contributed by atoms with van der Waals surface area (Å²) in [6.45, 7) is 9.47. The fourth-order valence-corrected chi connectivity index (χ4v) is 5.70. The van der Waals surface area contributed by atoms with E-state index in [-0.39, 0.29) is 0 Å². The van der Waals surface area contributed by atoms with E-state index in [1.165, 1.54) is 0 Å². The fourth-order valence-electron chi connectivity index (χ4n) is 2.47. The van der Waals surface area contributed by atoms with Crippen molar-refractivity contribution in [1.82, 2.24) is 0 Å². The number of rotatable bonds is 9. The molecule has 3 heteroatoms. The van der Waals surface area contributed by atoms with Gasteiger partial charge < -0.3 is 8.85 Å². The summed E-state index contributed by atoms with van der Waals surface area (Å²) >= 11 is 0. The van der Waals surface area contributed by atoms with Crippen LogP contribution in [-0.2, 0) is 8.85 Å². The summed E-state index contributed by atoms with van der Waals surface area (Å²) < 4.78 is 12.9. The first-order valence-corrected chi connectivity index (χ1v) is 10.0. The zero-order valence-corrected chi connectivity index (χ0v) is 15.1. The van der Waals surface area contributed by atoms with Crippen molar-refractivity contribution in [3.8, 4) is 0 Å². The molecule has 0 radical (unpaired) electrons. The highest BCUT2D eigenvalue weighted by Gasteiger charge is 2.42. The van der Waals surface area contributed by atoms with Crippen molar-refractivity contribution in [3.63, 3.8) is 0 Å². The van der Waals surface area contributed by atoms with Gasteiger partial charge in [0.2, 0.25) is 0 Å². The SMILES string of the molecule is C=C(C)CCO[Si](OCCC)(c1ccccc1)c1ccccc1. The van der Waals surface area contributed by atoms with Gasteiger partial charge in [-0.15, -0.1) is 6.58 Å². The second-order valence-electron chi connectivity index (χ2n) is 5.75. The third-order valence-electron chi connectivity index (χ3n) is 3.65. The topological polar surface area (TPSA) is 18.5 Å². The fraction of sp³-hybridized carbons (Fsp3) is 0.300. The molecule has 0 bridgehead atoms. The van der Waals surface area contributed by atoms with E-state index in [0.29, 0.717) is 13.2 Å². The third kappa shape index (κ3) is 4.64. The minimum absolute atomic E-state index is 0.634. The van der Waals surface area contributed by atoms with E-state index in [9.17, 15) is 0 Å². The second-order valence-corrected chi connectivity index (χ2v) is 8.72. The van der Waals surface area contributed by atoms with Crippen molar-refractivity contribution in [2.75, 3.05) is 13.2 Å². The Morgan fingerprint density at radius 3 is 1.78 bits per heavy atom. The van der Waals surface area contributed by atoms with E-state index >= 15 is 0 Å². The van der Waals surface area contributed by atoms with Crippen LogP contribution >= 0.6 is 0 Å². The molecule has 0 fully saturated rings. The molecule has 0 aromatic heterocycles. The summed E-state index contributed by atoms with van der Waals surface area (Å²) in [6, 6.07) is 20.8. The Bertz CT molecular complexity index is 556. The van der Waals surface area contributed by atoms with Gasteiger partial charge in [-0.25, -0.2) is 0 Å². The van der Waals surface area contributed by atoms with Crippen LogP contribution in [-0.4, -0.2) is 21.8 Å². The minimum atomic E-state index is -2.68. The molecule has 122 valence electrons. The predicted octanol–water partition coefficient (Wildman–Crippen LogP) is 3.65. The van der Waals surface area contributed by atoms with Crippen molar-refractivity contribution in [2.24, 2.45) is 0 Å². The van der Waals surface area contributed by atoms with Crippen LogP contribution < -0.4 is 10.4 Å². The maximum atomic E-state index is 6.47. The predicted molar refractivity (Wildman–Crippen MR) is 99.5 cm³/mol. The summed E-state index contributed by atoms with van der Waals surface area (Å²) in [4.78, 5) is 0. The Hall–Kier alpha value is -1.68. The van der Waals surface area contributed by atoms with Crippen LogP contribution in [0.3, 0.4) is 0 Å². The molecule has 2 aromatic rings. The average molecular weight is 327 g/mol. The maximum absolute atomic E-state index is 6.47.